The van der Waals surface area contributed by atoms with Crippen LogP contribution in [0.5, 0.6) is 0 Å². The number of imide groups is 1. The van der Waals surface area contributed by atoms with Crippen LogP contribution < -0.4 is 11.1 Å². The molecule has 0 aromatic rings. The highest BCUT2D eigenvalue weighted by atomic mass is 35.5. The van der Waals surface area contributed by atoms with Gasteiger partial charge in [0.25, 0.3) is 5.91 Å². The summed E-state index contributed by atoms with van der Waals surface area (Å²) in [5.74, 6) is -0.410. The van der Waals surface area contributed by atoms with Crippen LogP contribution in [0.4, 0.5) is 4.79 Å². The average molecular weight is 373 g/mol. The Labute approximate surface area is 155 Å². The molecule has 3 aliphatic rings. The van der Waals surface area contributed by atoms with Crippen LogP contribution in [0.3, 0.4) is 0 Å². The lowest BCUT2D eigenvalue weighted by Crippen LogP contribution is -2.58. The number of amides is 4. The Morgan fingerprint density at radius 1 is 1.28 bits per heavy atom. The number of urea groups is 1. The van der Waals surface area contributed by atoms with Gasteiger partial charge in [-0.2, -0.15) is 0 Å². The number of nitrogens with zero attached hydrogens (tertiary/aromatic N) is 2. The smallest absolute Gasteiger partial charge is 0.325 e. The van der Waals surface area contributed by atoms with Crippen LogP contribution in [0.25, 0.3) is 0 Å². The van der Waals surface area contributed by atoms with Gasteiger partial charge >= 0.3 is 6.03 Å². The summed E-state index contributed by atoms with van der Waals surface area (Å²) in [6.45, 7) is 6.86. The van der Waals surface area contributed by atoms with Gasteiger partial charge in [0.1, 0.15) is 11.6 Å². The van der Waals surface area contributed by atoms with Gasteiger partial charge in [0.05, 0.1) is 0 Å². The van der Waals surface area contributed by atoms with Crippen LogP contribution in [0.1, 0.15) is 52.9 Å². The molecule has 3 fully saturated rings. The Morgan fingerprint density at radius 3 is 2.44 bits per heavy atom. The number of rotatable bonds is 2. The maximum atomic E-state index is 12.9. The third kappa shape index (κ3) is 3.24. The van der Waals surface area contributed by atoms with Crippen molar-refractivity contribution in [3.8, 4) is 0 Å². The predicted octanol–water partition coefficient (Wildman–Crippen LogP) is 1.25. The second-order valence-corrected chi connectivity index (χ2v) is 8.21. The average Bonchev–Trinajstić information content (AvgIpc) is 3.07. The summed E-state index contributed by atoms with van der Waals surface area (Å²) in [4.78, 5) is 40.9. The lowest BCUT2D eigenvalue weighted by Gasteiger charge is -2.43. The summed E-state index contributed by atoms with van der Waals surface area (Å²) in [6, 6.07) is -1.16. The molecule has 2 heterocycles. The minimum atomic E-state index is -0.775. The molecule has 1 spiro atoms. The molecule has 8 heteroatoms. The minimum absolute atomic E-state index is 0. The Balaban J connectivity index is 0.00000225. The normalized spacial score (nSPS) is 28.7. The first-order valence-corrected chi connectivity index (χ1v) is 8.88. The first-order valence-electron chi connectivity index (χ1n) is 8.88. The predicted molar refractivity (Wildman–Crippen MR) is 96.2 cm³/mol. The molecule has 2 aliphatic heterocycles. The highest BCUT2D eigenvalue weighted by molar-refractivity contribution is 6.10. The van der Waals surface area contributed by atoms with Gasteiger partial charge in [0.15, 0.2) is 0 Å². The van der Waals surface area contributed by atoms with Crippen molar-refractivity contribution in [2.24, 2.45) is 11.1 Å². The highest BCUT2D eigenvalue weighted by Gasteiger charge is 2.55. The van der Waals surface area contributed by atoms with Gasteiger partial charge in [0.2, 0.25) is 5.91 Å². The molecule has 3 rings (SSSR count). The molecule has 1 aliphatic carbocycles. The van der Waals surface area contributed by atoms with E-state index in [9.17, 15) is 14.4 Å². The number of halogens is 1. The zero-order valence-corrected chi connectivity index (χ0v) is 16.0. The highest BCUT2D eigenvalue weighted by Crippen LogP contribution is 2.36. The van der Waals surface area contributed by atoms with Gasteiger partial charge in [-0.3, -0.25) is 9.59 Å². The monoisotopic (exact) mass is 372 g/mol. The molecule has 0 radical (unpaired) electrons. The van der Waals surface area contributed by atoms with E-state index in [2.05, 4.69) is 5.32 Å². The van der Waals surface area contributed by atoms with Crippen molar-refractivity contribution in [3.05, 3.63) is 0 Å². The first-order chi connectivity index (χ1) is 11.2. The van der Waals surface area contributed by atoms with Crippen LogP contribution >= 0.6 is 12.4 Å². The van der Waals surface area contributed by atoms with Crippen molar-refractivity contribution in [2.45, 2.75) is 70.5 Å². The summed E-state index contributed by atoms with van der Waals surface area (Å²) < 4.78 is 0. The molecule has 2 unspecified atom stereocenters. The van der Waals surface area contributed by atoms with Crippen molar-refractivity contribution in [1.82, 2.24) is 15.1 Å². The van der Waals surface area contributed by atoms with E-state index in [0.717, 1.165) is 24.2 Å². The molecule has 0 aromatic carbocycles. The van der Waals surface area contributed by atoms with Crippen molar-refractivity contribution in [2.75, 3.05) is 13.1 Å². The second-order valence-electron chi connectivity index (χ2n) is 8.21. The number of likely N-dealkylation sites (tertiary alicyclic amines) is 1. The topological polar surface area (TPSA) is 95.7 Å². The number of piperidine rings is 1. The lowest BCUT2D eigenvalue weighted by molar-refractivity contribution is -0.145. The summed E-state index contributed by atoms with van der Waals surface area (Å²) in [5.41, 5.74) is 5.19. The van der Waals surface area contributed by atoms with E-state index in [4.69, 9.17) is 5.73 Å². The quantitative estimate of drug-likeness (QED) is 0.713. The van der Waals surface area contributed by atoms with Gasteiger partial charge in [-0.05, 0) is 31.6 Å². The Morgan fingerprint density at radius 2 is 1.88 bits per heavy atom. The Kier molecular flexibility index (Phi) is 5.40. The molecule has 0 bridgehead atoms. The van der Waals surface area contributed by atoms with Gasteiger partial charge in [0, 0.05) is 19.1 Å². The van der Waals surface area contributed by atoms with Crippen LogP contribution in [0.2, 0.25) is 0 Å². The zero-order chi connectivity index (χ0) is 17.7. The van der Waals surface area contributed by atoms with Gasteiger partial charge < -0.3 is 16.0 Å². The maximum absolute atomic E-state index is 12.9. The fourth-order valence-corrected chi connectivity index (χ4v) is 4.25. The third-order valence-electron chi connectivity index (χ3n) is 6.02. The molecular weight excluding hydrogens is 344 g/mol. The molecule has 1 saturated carbocycles. The number of carbonyl (C=O) groups excluding carboxylic acids is 3. The number of nitrogens with one attached hydrogen (secondary N) is 1. The number of hydrogen-bond donors (Lipinski definition) is 2. The molecule has 2 saturated heterocycles. The van der Waals surface area contributed by atoms with Crippen molar-refractivity contribution in [1.29, 1.82) is 0 Å². The fourth-order valence-electron chi connectivity index (χ4n) is 4.25. The Hall–Kier alpha value is -1.34. The van der Waals surface area contributed by atoms with E-state index < -0.39 is 17.6 Å². The van der Waals surface area contributed by atoms with Crippen LogP contribution in [-0.4, -0.2) is 58.4 Å². The Bertz CT molecular complexity index is 574. The van der Waals surface area contributed by atoms with E-state index >= 15 is 0 Å². The number of nitrogens with two attached hydrogens (primary N) is 1. The molecular formula is C17H29ClN4O3. The number of hydrogen-bond acceptors (Lipinski definition) is 4. The van der Waals surface area contributed by atoms with Gasteiger partial charge in [-0.25, -0.2) is 9.69 Å². The summed E-state index contributed by atoms with van der Waals surface area (Å²) in [5, 5.41) is 2.84. The van der Waals surface area contributed by atoms with E-state index in [-0.39, 0.29) is 35.7 Å². The third-order valence-corrected chi connectivity index (χ3v) is 6.02. The second kappa shape index (κ2) is 6.76. The van der Waals surface area contributed by atoms with Crippen LogP contribution in [0.15, 0.2) is 0 Å². The first kappa shape index (κ1) is 20.0. The minimum Gasteiger partial charge on any atom is -0.340 e. The van der Waals surface area contributed by atoms with Crippen molar-refractivity contribution >= 4 is 30.3 Å². The lowest BCUT2D eigenvalue weighted by atomic mass is 9.79. The van der Waals surface area contributed by atoms with Crippen molar-refractivity contribution < 1.29 is 14.4 Å². The van der Waals surface area contributed by atoms with Crippen LogP contribution in [0, 0.1) is 5.41 Å². The van der Waals surface area contributed by atoms with Crippen molar-refractivity contribution in [3.63, 3.8) is 0 Å². The molecule has 0 aromatic heterocycles. The summed E-state index contributed by atoms with van der Waals surface area (Å²) in [7, 11) is 0. The van der Waals surface area contributed by atoms with Gasteiger partial charge in [-0.15, -0.1) is 12.4 Å². The summed E-state index contributed by atoms with van der Waals surface area (Å²) in [6.07, 6.45) is 3.93. The molecule has 3 N–H and O–H groups in total. The standard InChI is InChI=1S/C17H28N4O3.ClH/c1-11(13(22)20-9-6-12(18)16(2,3)10-20)21-14(23)17(19-15(21)24)7-4-5-8-17;/h11-12H,4-10,18H2,1-3H3,(H,19,24);1H. The molecule has 7 nitrogen and oxygen atoms in total. The summed E-state index contributed by atoms with van der Waals surface area (Å²) >= 11 is 0. The maximum Gasteiger partial charge on any atom is 0.325 e. The van der Waals surface area contributed by atoms with E-state index in [1.807, 2.05) is 13.8 Å². The zero-order valence-electron chi connectivity index (χ0n) is 15.2. The largest absolute Gasteiger partial charge is 0.340 e. The van der Waals surface area contributed by atoms with Gasteiger partial charge in [-0.1, -0.05) is 26.7 Å². The molecule has 142 valence electrons. The SMILES string of the molecule is CC(C(=O)N1CCC(N)C(C)(C)C1)N1C(=O)NC2(CCCC2)C1=O.Cl. The number of carbonyl (C=O) groups is 3. The molecule has 4 amide bonds. The fraction of sp³-hybridized carbons (Fsp3) is 0.824. The molecule has 2 atom stereocenters. The van der Waals surface area contributed by atoms with E-state index in [0.29, 0.717) is 25.9 Å². The van der Waals surface area contributed by atoms with E-state index in [1.54, 1.807) is 11.8 Å². The van der Waals surface area contributed by atoms with Crippen LogP contribution in [-0.2, 0) is 9.59 Å². The molecule has 25 heavy (non-hydrogen) atoms. The van der Waals surface area contributed by atoms with E-state index in [1.165, 1.54) is 0 Å².